The first-order valence-electron chi connectivity index (χ1n) is 9.44. The van der Waals surface area contributed by atoms with Gasteiger partial charge in [-0.25, -0.2) is 0 Å². The number of carbonyl (C=O) groups excluding carboxylic acids is 2. The molecule has 2 aromatic carbocycles. The number of ketones is 1. The van der Waals surface area contributed by atoms with E-state index in [4.69, 9.17) is 0 Å². The van der Waals surface area contributed by atoms with Crippen LogP contribution in [0.5, 0.6) is 0 Å². The van der Waals surface area contributed by atoms with Gasteiger partial charge in [-0.15, -0.1) is 0 Å². The summed E-state index contributed by atoms with van der Waals surface area (Å²) in [6.45, 7) is 0.368. The first-order valence-corrected chi connectivity index (χ1v) is 9.44. The van der Waals surface area contributed by atoms with Crippen molar-refractivity contribution in [1.29, 1.82) is 0 Å². The van der Waals surface area contributed by atoms with Crippen molar-refractivity contribution in [3.8, 4) is 0 Å². The minimum Gasteiger partial charge on any atom is -0.507 e. The van der Waals surface area contributed by atoms with Gasteiger partial charge in [0.2, 0.25) is 0 Å². The van der Waals surface area contributed by atoms with Gasteiger partial charge in [0.15, 0.2) is 0 Å². The Morgan fingerprint density at radius 2 is 1.52 bits per heavy atom. The molecule has 0 spiro atoms. The predicted octanol–water partition coefficient (Wildman–Crippen LogP) is 3.75. The van der Waals surface area contributed by atoms with Crippen molar-refractivity contribution >= 4 is 17.4 Å². The molecule has 2 heterocycles. The van der Waals surface area contributed by atoms with Gasteiger partial charge in [-0.05, 0) is 29.7 Å². The predicted molar refractivity (Wildman–Crippen MR) is 110 cm³/mol. The molecule has 0 radical (unpaired) electrons. The fraction of sp³-hybridized carbons (Fsp3) is 0.125. The standard InChI is InChI=1S/C24H20N2O3/c27-22(19-9-5-2-6-10-19)20-21(18-11-14-25-15-12-18)26(24(29)23(20)28)16-13-17-7-3-1-4-8-17/h1-12,14-15,21,27H,13,16H2/b22-20+. The lowest BCUT2D eigenvalue weighted by molar-refractivity contribution is -0.139. The third kappa shape index (κ3) is 3.67. The second-order valence-electron chi connectivity index (χ2n) is 6.87. The van der Waals surface area contributed by atoms with Crippen LogP contribution in [0.2, 0.25) is 0 Å². The molecule has 1 atom stereocenters. The second-order valence-corrected chi connectivity index (χ2v) is 6.87. The van der Waals surface area contributed by atoms with E-state index in [1.165, 1.54) is 0 Å². The van der Waals surface area contributed by atoms with Crippen molar-refractivity contribution in [3.63, 3.8) is 0 Å². The van der Waals surface area contributed by atoms with Crippen LogP contribution in [0.15, 0.2) is 90.8 Å². The van der Waals surface area contributed by atoms with Crippen LogP contribution in [0.1, 0.15) is 22.7 Å². The number of aliphatic hydroxyl groups is 1. The Morgan fingerprint density at radius 3 is 2.17 bits per heavy atom. The van der Waals surface area contributed by atoms with E-state index >= 15 is 0 Å². The van der Waals surface area contributed by atoms with E-state index < -0.39 is 17.7 Å². The maximum atomic E-state index is 12.9. The minimum absolute atomic E-state index is 0.112. The van der Waals surface area contributed by atoms with Crippen LogP contribution >= 0.6 is 0 Å². The molecule has 1 saturated heterocycles. The van der Waals surface area contributed by atoms with Gasteiger partial charge in [0, 0.05) is 24.5 Å². The molecule has 1 N–H and O–H groups in total. The van der Waals surface area contributed by atoms with Crippen molar-refractivity contribution in [2.24, 2.45) is 0 Å². The number of Topliss-reactive ketones (excluding diaryl/α,β-unsaturated/α-hetero) is 1. The summed E-state index contributed by atoms with van der Waals surface area (Å²) in [7, 11) is 0. The number of amides is 1. The van der Waals surface area contributed by atoms with Crippen molar-refractivity contribution in [2.45, 2.75) is 12.5 Å². The van der Waals surface area contributed by atoms with Crippen LogP contribution in [-0.2, 0) is 16.0 Å². The average Bonchev–Trinajstić information content (AvgIpc) is 3.04. The van der Waals surface area contributed by atoms with E-state index in [0.717, 1.165) is 11.1 Å². The van der Waals surface area contributed by atoms with Gasteiger partial charge in [-0.3, -0.25) is 14.6 Å². The maximum Gasteiger partial charge on any atom is 0.295 e. The monoisotopic (exact) mass is 384 g/mol. The average molecular weight is 384 g/mol. The number of aliphatic hydroxyl groups excluding tert-OH is 1. The van der Waals surface area contributed by atoms with Crippen LogP contribution in [-0.4, -0.2) is 33.2 Å². The molecule has 4 rings (SSSR count). The molecule has 1 aromatic heterocycles. The minimum atomic E-state index is -0.666. The van der Waals surface area contributed by atoms with Gasteiger partial charge in [0.25, 0.3) is 11.7 Å². The lowest BCUT2D eigenvalue weighted by atomic mass is 9.96. The Morgan fingerprint density at radius 1 is 0.897 bits per heavy atom. The highest BCUT2D eigenvalue weighted by Crippen LogP contribution is 2.39. The largest absolute Gasteiger partial charge is 0.507 e. The zero-order valence-corrected chi connectivity index (χ0v) is 15.7. The van der Waals surface area contributed by atoms with Gasteiger partial charge in [-0.2, -0.15) is 0 Å². The summed E-state index contributed by atoms with van der Waals surface area (Å²) in [6.07, 6.45) is 3.85. The fourth-order valence-electron chi connectivity index (χ4n) is 3.65. The highest BCUT2D eigenvalue weighted by atomic mass is 16.3. The van der Waals surface area contributed by atoms with E-state index in [9.17, 15) is 14.7 Å². The number of pyridine rings is 1. The molecule has 5 heteroatoms. The second kappa shape index (κ2) is 8.10. The molecule has 0 bridgehead atoms. The van der Waals surface area contributed by atoms with Crippen molar-refractivity contribution in [1.82, 2.24) is 9.88 Å². The molecule has 5 nitrogen and oxygen atoms in total. The Kier molecular flexibility index (Phi) is 5.20. The SMILES string of the molecule is O=C1C(=O)N(CCc2ccccc2)C(c2ccncc2)/C1=C(\O)c1ccccc1. The molecule has 0 aliphatic carbocycles. The third-order valence-electron chi connectivity index (χ3n) is 5.09. The Bertz CT molecular complexity index is 1050. The number of hydrogen-bond acceptors (Lipinski definition) is 4. The highest BCUT2D eigenvalue weighted by Gasteiger charge is 2.45. The topological polar surface area (TPSA) is 70.5 Å². The van der Waals surface area contributed by atoms with Gasteiger partial charge in [0.05, 0.1) is 11.6 Å². The van der Waals surface area contributed by atoms with E-state index in [1.54, 1.807) is 53.7 Å². The molecular formula is C24H20N2O3. The van der Waals surface area contributed by atoms with Crippen molar-refractivity contribution in [2.75, 3.05) is 6.54 Å². The van der Waals surface area contributed by atoms with Crippen molar-refractivity contribution < 1.29 is 14.7 Å². The quantitative estimate of drug-likeness (QED) is 0.413. The lowest BCUT2D eigenvalue weighted by Crippen LogP contribution is -2.31. The summed E-state index contributed by atoms with van der Waals surface area (Å²) in [5.41, 5.74) is 2.43. The number of aromatic nitrogens is 1. The summed E-state index contributed by atoms with van der Waals surface area (Å²) in [5, 5.41) is 10.9. The molecule has 0 saturated carbocycles. The summed E-state index contributed by atoms with van der Waals surface area (Å²) in [5.74, 6) is -1.42. The first kappa shape index (κ1) is 18.6. The van der Waals surface area contributed by atoms with Crippen LogP contribution < -0.4 is 0 Å². The number of carbonyl (C=O) groups is 2. The molecule has 1 aliphatic heterocycles. The van der Waals surface area contributed by atoms with Crippen LogP contribution in [0.25, 0.3) is 5.76 Å². The van der Waals surface area contributed by atoms with Crippen molar-refractivity contribution in [3.05, 3.63) is 107 Å². The number of hydrogen-bond donors (Lipinski definition) is 1. The summed E-state index contributed by atoms with van der Waals surface area (Å²) in [6, 6.07) is 21.5. The molecular weight excluding hydrogens is 364 g/mol. The number of likely N-dealkylation sites (tertiary alicyclic amines) is 1. The van der Waals surface area contributed by atoms with Crippen LogP contribution in [0.3, 0.4) is 0 Å². The summed E-state index contributed by atoms with van der Waals surface area (Å²) >= 11 is 0. The van der Waals surface area contributed by atoms with Gasteiger partial charge >= 0.3 is 0 Å². The number of benzene rings is 2. The summed E-state index contributed by atoms with van der Waals surface area (Å²) < 4.78 is 0. The highest BCUT2D eigenvalue weighted by molar-refractivity contribution is 6.46. The lowest BCUT2D eigenvalue weighted by Gasteiger charge is -2.25. The summed E-state index contributed by atoms with van der Waals surface area (Å²) in [4.78, 5) is 31.3. The Labute approximate surface area is 169 Å². The van der Waals surface area contributed by atoms with Crippen LogP contribution in [0.4, 0.5) is 0 Å². The van der Waals surface area contributed by atoms with E-state index in [-0.39, 0.29) is 11.3 Å². The first-order chi connectivity index (χ1) is 14.2. The van der Waals surface area contributed by atoms with E-state index in [1.807, 2.05) is 36.4 Å². The number of rotatable bonds is 5. The van der Waals surface area contributed by atoms with E-state index in [2.05, 4.69) is 4.98 Å². The number of nitrogens with zero attached hydrogens (tertiary/aromatic N) is 2. The third-order valence-corrected chi connectivity index (χ3v) is 5.09. The molecule has 1 unspecified atom stereocenters. The van der Waals surface area contributed by atoms with Gasteiger partial charge in [-0.1, -0.05) is 60.7 Å². The normalized spacial score (nSPS) is 18.2. The van der Waals surface area contributed by atoms with E-state index in [0.29, 0.717) is 18.5 Å². The Hall–Kier alpha value is -3.73. The molecule has 1 aliphatic rings. The maximum absolute atomic E-state index is 12.9. The molecule has 1 fully saturated rings. The zero-order chi connectivity index (χ0) is 20.2. The van der Waals surface area contributed by atoms with Crippen LogP contribution in [0, 0.1) is 0 Å². The molecule has 29 heavy (non-hydrogen) atoms. The Balaban J connectivity index is 1.76. The molecule has 144 valence electrons. The fourth-order valence-corrected chi connectivity index (χ4v) is 3.65. The van der Waals surface area contributed by atoms with Gasteiger partial charge < -0.3 is 10.0 Å². The smallest absolute Gasteiger partial charge is 0.295 e. The molecule has 3 aromatic rings. The molecule has 1 amide bonds. The zero-order valence-electron chi connectivity index (χ0n) is 15.7. The van der Waals surface area contributed by atoms with Gasteiger partial charge in [0.1, 0.15) is 5.76 Å².